The fraction of sp³-hybridized carbons (Fsp3) is 0. The zero-order chi connectivity index (χ0) is 16.1. The van der Waals surface area contributed by atoms with Gasteiger partial charge in [-0.15, -0.1) is 5.10 Å². The Morgan fingerprint density at radius 2 is 2.12 bits per heavy atom. The summed E-state index contributed by atoms with van der Waals surface area (Å²) in [6.45, 7) is 0. The molecule has 8 heteroatoms. The monoisotopic (exact) mass is 380 g/mol. The molecule has 4 heterocycles. The summed E-state index contributed by atoms with van der Waals surface area (Å²) in [6, 6.07) is 9.65. The van der Waals surface area contributed by atoms with Gasteiger partial charge in [-0.1, -0.05) is 5.21 Å². The smallest absolute Gasteiger partial charge is 0.187 e. The standard InChI is InChI=1S/C16H9BrN6O/c17-11-7-10(6-9-3-4-18-13(9)11)23-16-15(21-22-23)14(19-8-20-16)12-2-1-5-24-12/h1-8,18H. The molecule has 1 aromatic carbocycles. The van der Waals surface area contributed by atoms with E-state index in [1.807, 2.05) is 36.5 Å². The SMILES string of the molecule is Brc1cc(-n2nnc3c(-c4ccco4)ncnc32)cc2cc[nH]c12. The summed E-state index contributed by atoms with van der Waals surface area (Å²) in [5, 5.41) is 9.59. The molecule has 5 rings (SSSR count). The Morgan fingerprint density at radius 1 is 1.17 bits per heavy atom. The van der Waals surface area contributed by atoms with E-state index in [4.69, 9.17) is 4.42 Å². The number of H-pyrrole nitrogens is 1. The third kappa shape index (κ3) is 1.89. The first kappa shape index (κ1) is 13.4. The van der Waals surface area contributed by atoms with Gasteiger partial charge in [-0.25, -0.2) is 9.97 Å². The Balaban J connectivity index is 1.76. The van der Waals surface area contributed by atoms with Gasteiger partial charge in [0.25, 0.3) is 0 Å². The van der Waals surface area contributed by atoms with Gasteiger partial charge in [0.2, 0.25) is 0 Å². The van der Waals surface area contributed by atoms with Crippen molar-refractivity contribution >= 4 is 38.0 Å². The van der Waals surface area contributed by atoms with E-state index in [2.05, 4.69) is 41.2 Å². The van der Waals surface area contributed by atoms with E-state index in [0.29, 0.717) is 22.6 Å². The van der Waals surface area contributed by atoms with Crippen molar-refractivity contribution in [1.29, 1.82) is 0 Å². The summed E-state index contributed by atoms with van der Waals surface area (Å²) in [5.41, 5.74) is 3.74. The van der Waals surface area contributed by atoms with Crippen molar-refractivity contribution in [3.63, 3.8) is 0 Å². The van der Waals surface area contributed by atoms with Gasteiger partial charge in [-0.2, -0.15) is 4.68 Å². The van der Waals surface area contributed by atoms with Crippen LogP contribution in [-0.4, -0.2) is 29.9 Å². The third-order valence-corrected chi connectivity index (χ3v) is 4.46. The van der Waals surface area contributed by atoms with Crippen molar-refractivity contribution in [2.75, 3.05) is 0 Å². The fourth-order valence-electron chi connectivity index (χ4n) is 2.75. The molecule has 0 saturated carbocycles. The highest BCUT2D eigenvalue weighted by atomic mass is 79.9. The van der Waals surface area contributed by atoms with E-state index < -0.39 is 0 Å². The van der Waals surface area contributed by atoms with Crippen molar-refractivity contribution in [2.45, 2.75) is 0 Å². The number of aromatic amines is 1. The number of nitrogens with zero attached hydrogens (tertiary/aromatic N) is 5. The average molecular weight is 381 g/mol. The maximum Gasteiger partial charge on any atom is 0.187 e. The van der Waals surface area contributed by atoms with Gasteiger partial charge < -0.3 is 9.40 Å². The second kappa shape index (κ2) is 5.00. The molecule has 4 aromatic heterocycles. The molecule has 24 heavy (non-hydrogen) atoms. The van der Waals surface area contributed by atoms with E-state index in [0.717, 1.165) is 21.1 Å². The van der Waals surface area contributed by atoms with Crippen molar-refractivity contribution in [3.8, 4) is 17.1 Å². The van der Waals surface area contributed by atoms with E-state index in [9.17, 15) is 0 Å². The Bertz CT molecular complexity index is 1170. The molecular formula is C16H9BrN6O. The number of nitrogens with one attached hydrogen (secondary N) is 1. The largest absolute Gasteiger partial charge is 0.463 e. The Morgan fingerprint density at radius 3 is 3.00 bits per heavy atom. The lowest BCUT2D eigenvalue weighted by Crippen LogP contribution is -1.98. The van der Waals surface area contributed by atoms with Crippen LogP contribution in [-0.2, 0) is 0 Å². The molecule has 0 saturated heterocycles. The molecule has 7 nitrogen and oxygen atoms in total. The highest BCUT2D eigenvalue weighted by Crippen LogP contribution is 2.29. The topological polar surface area (TPSA) is 85.4 Å². The zero-order valence-corrected chi connectivity index (χ0v) is 13.7. The van der Waals surface area contributed by atoms with Gasteiger partial charge >= 0.3 is 0 Å². The van der Waals surface area contributed by atoms with Crippen LogP contribution in [0.1, 0.15) is 0 Å². The normalized spacial score (nSPS) is 11.5. The molecule has 5 aromatic rings. The van der Waals surface area contributed by atoms with Gasteiger partial charge in [0.1, 0.15) is 12.0 Å². The lowest BCUT2D eigenvalue weighted by molar-refractivity contribution is 0.580. The van der Waals surface area contributed by atoms with Crippen LogP contribution in [0.2, 0.25) is 0 Å². The minimum atomic E-state index is 0.595. The van der Waals surface area contributed by atoms with Crippen molar-refractivity contribution < 1.29 is 4.42 Å². The number of aromatic nitrogens is 6. The first-order chi connectivity index (χ1) is 11.8. The second-order valence-corrected chi connectivity index (χ2v) is 6.10. The number of benzene rings is 1. The first-order valence-electron chi connectivity index (χ1n) is 7.18. The molecule has 0 bridgehead atoms. The maximum atomic E-state index is 5.43. The Labute approximate surface area is 143 Å². The highest BCUT2D eigenvalue weighted by Gasteiger charge is 2.16. The molecule has 0 atom stereocenters. The molecule has 1 N–H and O–H groups in total. The Kier molecular flexibility index (Phi) is 2.80. The molecule has 0 aliphatic carbocycles. The highest BCUT2D eigenvalue weighted by molar-refractivity contribution is 9.10. The fourth-order valence-corrected chi connectivity index (χ4v) is 3.33. The van der Waals surface area contributed by atoms with Crippen LogP contribution in [0.5, 0.6) is 0 Å². The average Bonchev–Trinajstić information content (AvgIpc) is 3.33. The van der Waals surface area contributed by atoms with E-state index in [-0.39, 0.29) is 0 Å². The number of rotatable bonds is 2. The van der Waals surface area contributed by atoms with Crippen LogP contribution in [0.15, 0.2) is 58.0 Å². The molecule has 0 aliphatic rings. The second-order valence-electron chi connectivity index (χ2n) is 5.24. The molecule has 0 aliphatic heterocycles. The summed E-state index contributed by atoms with van der Waals surface area (Å²) in [7, 11) is 0. The van der Waals surface area contributed by atoms with Crippen LogP contribution in [0, 0.1) is 0 Å². The summed E-state index contributed by atoms with van der Waals surface area (Å²) in [5.74, 6) is 0.636. The minimum absolute atomic E-state index is 0.595. The van der Waals surface area contributed by atoms with Crippen LogP contribution in [0.3, 0.4) is 0 Å². The molecular weight excluding hydrogens is 372 g/mol. The van der Waals surface area contributed by atoms with E-state index in [1.54, 1.807) is 10.9 Å². The van der Waals surface area contributed by atoms with Crippen molar-refractivity contribution in [2.24, 2.45) is 0 Å². The van der Waals surface area contributed by atoms with Crippen molar-refractivity contribution in [3.05, 3.63) is 53.6 Å². The molecule has 0 amide bonds. The van der Waals surface area contributed by atoms with Crippen LogP contribution in [0.4, 0.5) is 0 Å². The summed E-state index contributed by atoms with van der Waals surface area (Å²) in [4.78, 5) is 11.8. The predicted octanol–water partition coefficient (Wildman–Crippen LogP) is 3.71. The predicted molar refractivity (Wildman–Crippen MR) is 91.7 cm³/mol. The molecule has 116 valence electrons. The van der Waals surface area contributed by atoms with E-state index >= 15 is 0 Å². The lowest BCUT2D eigenvalue weighted by Gasteiger charge is -2.04. The Hall–Kier alpha value is -3.00. The van der Waals surface area contributed by atoms with Gasteiger partial charge in [-0.3, -0.25) is 0 Å². The zero-order valence-electron chi connectivity index (χ0n) is 12.1. The number of furan rings is 1. The summed E-state index contributed by atoms with van der Waals surface area (Å²) in [6.07, 6.45) is 4.99. The number of hydrogen-bond acceptors (Lipinski definition) is 5. The van der Waals surface area contributed by atoms with Crippen LogP contribution in [0.25, 0.3) is 39.2 Å². The van der Waals surface area contributed by atoms with Gasteiger partial charge in [0.05, 0.1) is 17.5 Å². The van der Waals surface area contributed by atoms with Crippen molar-refractivity contribution in [1.82, 2.24) is 29.9 Å². The van der Waals surface area contributed by atoms with E-state index in [1.165, 1.54) is 6.33 Å². The molecule has 0 fully saturated rings. The minimum Gasteiger partial charge on any atom is -0.463 e. The molecule has 0 radical (unpaired) electrons. The summed E-state index contributed by atoms with van der Waals surface area (Å²) < 4.78 is 8.07. The van der Waals surface area contributed by atoms with Gasteiger partial charge in [-0.05, 0) is 46.3 Å². The third-order valence-electron chi connectivity index (χ3n) is 3.83. The van der Waals surface area contributed by atoms with Crippen LogP contribution >= 0.6 is 15.9 Å². The molecule has 0 unspecified atom stereocenters. The number of fused-ring (bicyclic) bond motifs is 2. The summed E-state index contributed by atoms with van der Waals surface area (Å²) >= 11 is 3.58. The first-order valence-corrected chi connectivity index (χ1v) is 7.98. The lowest BCUT2D eigenvalue weighted by atomic mass is 10.2. The quantitative estimate of drug-likeness (QED) is 0.504. The van der Waals surface area contributed by atoms with Crippen LogP contribution < -0.4 is 0 Å². The maximum absolute atomic E-state index is 5.43. The number of halogens is 1. The number of hydrogen-bond donors (Lipinski definition) is 1. The van der Waals surface area contributed by atoms with Gasteiger partial charge in [0, 0.05) is 16.1 Å². The molecule has 0 spiro atoms. The van der Waals surface area contributed by atoms with Gasteiger partial charge in [0.15, 0.2) is 16.9 Å².